The van der Waals surface area contributed by atoms with Crippen LogP contribution in [0.1, 0.15) is 54.9 Å². The first-order valence-electron chi connectivity index (χ1n) is 9.51. The zero-order valence-corrected chi connectivity index (χ0v) is 16.1. The minimum Gasteiger partial charge on any atom is -0.348 e. The van der Waals surface area contributed by atoms with Crippen molar-refractivity contribution in [3.05, 3.63) is 35.2 Å². The lowest BCUT2D eigenvalue weighted by Crippen LogP contribution is -2.36. The number of hydrogen-bond donors (Lipinski definition) is 0. The second-order valence-electron chi connectivity index (χ2n) is 7.96. The smallest absolute Gasteiger partial charge is 0.233 e. The number of aryl methyl sites for hydroxylation is 1. The van der Waals surface area contributed by atoms with Crippen LogP contribution in [0.3, 0.4) is 0 Å². The zero-order chi connectivity index (χ0) is 19.0. The number of carbonyl (C=O) groups is 3. The highest BCUT2D eigenvalue weighted by molar-refractivity contribution is 6.10. The number of fused-ring (bicyclic) bond motifs is 1. The van der Waals surface area contributed by atoms with Gasteiger partial charge in [0.25, 0.3) is 0 Å². The predicted molar refractivity (Wildman–Crippen MR) is 99.8 cm³/mol. The molecule has 0 bridgehead atoms. The number of Topliss-reactive ketones (excluding diaryl/α,β-unsaturated/α-hetero) is 1. The van der Waals surface area contributed by atoms with E-state index in [4.69, 9.17) is 0 Å². The minimum absolute atomic E-state index is 0.140. The number of likely N-dealkylation sites (tertiary alicyclic amines) is 1. The molecule has 0 radical (unpaired) electrons. The van der Waals surface area contributed by atoms with Crippen LogP contribution in [0.5, 0.6) is 0 Å². The molecule has 0 saturated carbocycles. The van der Waals surface area contributed by atoms with Crippen molar-refractivity contribution in [3.63, 3.8) is 0 Å². The van der Waals surface area contributed by atoms with Crippen LogP contribution in [0.4, 0.5) is 0 Å². The van der Waals surface area contributed by atoms with Gasteiger partial charge in [-0.25, -0.2) is 0 Å². The first-order valence-corrected chi connectivity index (χ1v) is 9.51. The van der Waals surface area contributed by atoms with E-state index in [-0.39, 0.29) is 36.0 Å². The van der Waals surface area contributed by atoms with E-state index in [2.05, 4.69) is 18.4 Å². The van der Waals surface area contributed by atoms with E-state index in [9.17, 15) is 14.4 Å². The fourth-order valence-electron chi connectivity index (χ4n) is 4.07. The molecule has 2 heterocycles. The third kappa shape index (κ3) is 3.27. The van der Waals surface area contributed by atoms with Crippen molar-refractivity contribution in [2.24, 2.45) is 17.8 Å². The Morgan fingerprint density at radius 1 is 1.12 bits per heavy atom. The van der Waals surface area contributed by atoms with Crippen molar-refractivity contribution in [2.45, 2.75) is 53.5 Å². The van der Waals surface area contributed by atoms with E-state index in [0.717, 1.165) is 24.4 Å². The molecule has 5 heteroatoms. The second-order valence-corrected chi connectivity index (χ2v) is 7.96. The molecule has 5 nitrogen and oxygen atoms in total. The number of nitrogens with zero attached hydrogens (tertiary/aromatic N) is 2. The van der Waals surface area contributed by atoms with Crippen LogP contribution < -0.4 is 0 Å². The summed E-state index contributed by atoms with van der Waals surface area (Å²) in [6, 6.07) is 1.89. The van der Waals surface area contributed by atoms with E-state index in [1.54, 1.807) is 0 Å². The van der Waals surface area contributed by atoms with Gasteiger partial charge in [-0.15, -0.1) is 0 Å². The van der Waals surface area contributed by atoms with Crippen LogP contribution in [0.2, 0.25) is 0 Å². The summed E-state index contributed by atoms with van der Waals surface area (Å²) in [4.78, 5) is 39.2. The SMILES string of the molecule is Cc1cc(C(=O)CN2C(=O)[C@H]3CC=CC[C@@H]3C2=O)c(C)n1CCC(C)C. The number of rotatable bonds is 6. The Labute approximate surface area is 155 Å². The third-order valence-corrected chi connectivity index (χ3v) is 5.70. The van der Waals surface area contributed by atoms with Gasteiger partial charge in [0.2, 0.25) is 11.8 Å². The number of ketones is 1. The molecule has 1 fully saturated rings. The molecule has 2 amide bonds. The highest BCUT2D eigenvalue weighted by Crippen LogP contribution is 2.35. The van der Waals surface area contributed by atoms with Gasteiger partial charge in [-0.1, -0.05) is 26.0 Å². The predicted octanol–water partition coefficient (Wildman–Crippen LogP) is 3.28. The first kappa shape index (κ1) is 18.6. The summed E-state index contributed by atoms with van der Waals surface area (Å²) in [6.45, 7) is 9.03. The number of amides is 2. The average molecular weight is 356 g/mol. The highest BCUT2D eigenvalue weighted by Gasteiger charge is 2.47. The lowest BCUT2D eigenvalue weighted by atomic mass is 9.85. The van der Waals surface area contributed by atoms with Gasteiger partial charge in [-0.2, -0.15) is 0 Å². The number of carbonyl (C=O) groups excluding carboxylic acids is 3. The summed E-state index contributed by atoms with van der Waals surface area (Å²) in [5.41, 5.74) is 2.59. The van der Waals surface area contributed by atoms with Gasteiger partial charge in [0.1, 0.15) is 0 Å². The highest BCUT2D eigenvalue weighted by atomic mass is 16.2. The van der Waals surface area contributed by atoms with E-state index < -0.39 is 0 Å². The van der Waals surface area contributed by atoms with Crippen LogP contribution in [0.15, 0.2) is 18.2 Å². The summed E-state index contributed by atoms with van der Waals surface area (Å²) in [7, 11) is 0. The van der Waals surface area contributed by atoms with Gasteiger partial charge >= 0.3 is 0 Å². The molecule has 1 aromatic heterocycles. The molecule has 26 heavy (non-hydrogen) atoms. The summed E-state index contributed by atoms with van der Waals surface area (Å²) >= 11 is 0. The summed E-state index contributed by atoms with van der Waals surface area (Å²) in [5, 5.41) is 0. The van der Waals surface area contributed by atoms with E-state index in [0.29, 0.717) is 24.3 Å². The van der Waals surface area contributed by atoms with Crippen molar-refractivity contribution in [2.75, 3.05) is 6.54 Å². The largest absolute Gasteiger partial charge is 0.348 e. The number of aromatic nitrogens is 1. The second kappa shape index (κ2) is 7.22. The maximum absolute atomic E-state index is 12.8. The fraction of sp³-hybridized carbons (Fsp3) is 0.571. The Hall–Kier alpha value is -2.17. The maximum Gasteiger partial charge on any atom is 0.233 e. The Balaban J connectivity index is 1.75. The number of hydrogen-bond acceptors (Lipinski definition) is 3. The quantitative estimate of drug-likeness (QED) is 0.446. The van der Waals surface area contributed by atoms with Gasteiger partial charge in [-0.05, 0) is 45.1 Å². The van der Waals surface area contributed by atoms with Crippen LogP contribution in [0, 0.1) is 31.6 Å². The molecule has 2 aliphatic rings. The van der Waals surface area contributed by atoms with Gasteiger partial charge in [-0.3, -0.25) is 19.3 Å². The number of imide groups is 1. The summed E-state index contributed by atoms with van der Waals surface area (Å²) in [5.74, 6) is -0.496. The van der Waals surface area contributed by atoms with Crippen molar-refractivity contribution >= 4 is 17.6 Å². The molecule has 1 aliphatic heterocycles. The van der Waals surface area contributed by atoms with Gasteiger partial charge < -0.3 is 4.57 Å². The lowest BCUT2D eigenvalue weighted by Gasteiger charge is -2.14. The van der Waals surface area contributed by atoms with Gasteiger partial charge in [0, 0.05) is 23.5 Å². The maximum atomic E-state index is 12.8. The zero-order valence-electron chi connectivity index (χ0n) is 16.1. The first-order chi connectivity index (χ1) is 12.3. The minimum atomic E-state index is -0.279. The molecule has 0 aromatic carbocycles. The molecular weight excluding hydrogens is 328 g/mol. The molecule has 3 rings (SSSR count). The third-order valence-electron chi connectivity index (χ3n) is 5.70. The molecule has 1 aromatic rings. The molecule has 0 spiro atoms. The fourth-order valence-corrected chi connectivity index (χ4v) is 4.07. The van der Waals surface area contributed by atoms with Crippen LogP contribution in [-0.2, 0) is 16.1 Å². The van der Waals surface area contributed by atoms with E-state index >= 15 is 0 Å². The van der Waals surface area contributed by atoms with Crippen LogP contribution >= 0.6 is 0 Å². The van der Waals surface area contributed by atoms with E-state index in [1.807, 2.05) is 32.1 Å². The normalized spacial score (nSPS) is 22.4. The Morgan fingerprint density at radius 2 is 1.69 bits per heavy atom. The van der Waals surface area contributed by atoms with Gasteiger partial charge in [0.05, 0.1) is 18.4 Å². The number of allylic oxidation sites excluding steroid dienone is 2. The summed E-state index contributed by atoms with van der Waals surface area (Å²) in [6.07, 6.45) is 6.16. The van der Waals surface area contributed by atoms with Crippen molar-refractivity contribution < 1.29 is 14.4 Å². The van der Waals surface area contributed by atoms with Crippen molar-refractivity contribution in [1.29, 1.82) is 0 Å². The monoisotopic (exact) mass is 356 g/mol. The molecule has 1 aliphatic carbocycles. The Kier molecular flexibility index (Phi) is 5.17. The average Bonchev–Trinajstić information content (AvgIpc) is 3.02. The molecule has 2 atom stereocenters. The lowest BCUT2D eigenvalue weighted by molar-refractivity contribution is -0.139. The molecule has 0 unspecified atom stereocenters. The van der Waals surface area contributed by atoms with Gasteiger partial charge in [0.15, 0.2) is 5.78 Å². The Bertz CT molecular complexity index is 746. The van der Waals surface area contributed by atoms with Crippen LogP contribution in [0.25, 0.3) is 0 Å². The molecule has 1 saturated heterocycles. The van der Waals surface area contributed by atoms with Crippen molar-refractivity contribution in [1.82, 2.24) is 9.47 Å². The standard InChI is InChI=1S/C21H28N2O3/c1-13(2)9-10-22-14(3)11-18(15(22)4)19(24)12-23-20(25)16-7-5-6-8-17(16)21(23)26/h5-6,11,13,16-17H,7-10,12H2,1-4H3/t16-,17-/m0/s1. The van der Waals surface area contributed by atoms with Crippen molar-refractivity contribution in [3.8, 4) is 0 Å². The van der Waals surface area contributed by atoms with Crippen LogP contribution in [-0.4, -0.2) is 33.6 Å². The Morgan fingerprint density at radius 3 is 2.23 bits per heavy atom. The molecule has 0 N–H and O–H groups in total. The molecule has 140 valence electrons. The topological polar surface area (TPSA) is 59.4 Å². The van der Waals surface area contributed by atoms with E-state index in [1.165, 1.54) is 4.90 Å². The summed E-state index contributed by atoms with van der Waals surface area (Å²) < 4.78 is 2.16. The molecular formula is C21H28N2O3.